The Balaban J connectivity index is 1.75. The van der Waals surface area contributed by atoms with E-state index in [9.17, 15) is 4.79 Å². The van der Waals surface area contributed by atoms with Crippen molar-refractivity contribution in [2.24, 2.45) is 0 Å². The first-order valence-corrected chi connectivity index (χ1v) is 9.08. The summed E-state index contributed by atoms with van der Waals surface area (Å²) in [7, 11) is 0. The van der Waals surface area contributed by atoms with Crippen LogP contribution < -0.4 is 5.32 Å². The third-order valence-electron chi connectivity index (χ3n) is 4.10. The largest absolute Gasteiger partial charge is 0.396 e. The molecule has 0 aliphatic heterocycles. The van der Waals surface area contributed by atoms with E-state index in [-0.39, 0.29) is 18.2 Å². The van der Waals surface area contributed by atoms with Crippen LogP contribution in [0.2, 0.25) is 10.0 Å². The Labute approximate surface area is 166 Å². The van der Waals surface area contributed by atoms with Gasteiger partial charge in [0.2, 0.25) is 0 Å². The van der Waals surface area contributed by atoms with Crippen LogP contribution >= 0.6 is 23.2 Å². The molecule has 27 heavy (non-hydrogen) atoms. The maximum Gasteiger partial charge on any atom is 0.278 e. The molecule has 0 fully saturated rings. The van der Waals surface area contributed by atoms with E-state index in [1.165, 1.54) is 0 Å². The van der Waals surface area contributed by atoms with Crippen molar-refractivity contribution in [2.45, 2.75) is 19.9 Å². The monoisotopic (exact) mass is 404 g/mol. The van der Waals surface area contributed by atoms with Crippen molar-refractivity contribution >= 4 is 34.8 Å². The number of nitrogens with zero attached hydrogens (tertiary/aromatic N) is 3. The standard InChI is InChI=1S/C19H18Cl2N4O2/c1-12-18(19(27)22-15-4-2-3-13(9-15)7-8-26)23-24-25(12)11-14-5-6-16(20)17(21)10-14/h2-6,9-10,26H,7-8,11H2,1H3,(H,22,27). The Kier molecular flexibility index (Phi) is 6.11. The molecule has 2 aromatic carbocycles. The molecule has 0 saturated heterocycles. The highest BCUT2D eigenvalue weighted by molar-refractivity contribution is 6.42. The lowest BCUT2D eigenvalue weighted by atomic mass is 10.1. The van der Waals surface area contributed by atoms with Crippen LogP contribution in [0.25, 0.3) is 0 Å². The average Bonchev–Trinajstić information content (AvgIpc) is 2.99. The van der Waals surface area contributed by atoms with E-state index in [0.717, 1.165) is 11.1 Å². The number of carbonyl (C=O) groups excluding carboxylic acids is 1. The summed E-state index contributed by atoms with van der Waals surface area (Å²) < 4.78 is 1.64. The van der Waals surface area contributed by atoms with Crippen molar-refractivity contribution < 1.29 is 9.90 Å². The zero-order valence-electron chi connectivity index (χ0n) is 14.6. The van der Waals surface area contributed by atoms with Gasteiger partial charge in [0.25, 0.3) is 5.91 Å². The minimum Gasteiger partial charge on any atom is -0.396 e. The number of hydrogen-bond acceptors (Lipinski definition) is 4. The van der Waals surface area contributed by atoms with E-state index in [1.807, 2.05) is 24.3 Å². The van der Waals surface area contributed by atoms with Gasteiger partial charge in [-0.15, -0.1) is 5.10 Å². The number of carbonyl (C=O) groups is 1. The molecule has 0 bridgehead atoms. The first-order chi connectivity index (χ1) is 13.0. The topological polar surface area (TPSA) is 80.0 Å². The maximum absolute atomic E-state index is 12.6. The van der Waals surface area contributed by atoms with Gasteiger partial charge in [0.1, 0.15) is 0 Å². The van der Waals surface area contributed by atoms with Crippen LogP contribution in [0.1, 0.15) is 27.3 Å². The molecular weight excluding hydrogens is 387 g/mol. The lowest BCUT2D eigenvalue weighted by molar-refractivity contribution is 0.102. The highest BCUT2D eigenvalue weighted by Gasteiger charge is 2.17. The number of nitrogens with one attached hydrogen (secondary N) is 1. The molecule has 1 aromatic heterocycles. The lowest BCUT2D eigenvalue weighted by Gasteiger charge is -2.07. The van der Waals surface area contributed by atoms with Gasteiger partial charge >= 0.3 is 0 Å². The van der Waals surface area contributed by atoms with Crippen LogP contribution in [0.3, 0.4) is 0 Å². The van der Waals surface area contributed by atoms with Crippen LogP contribution in [0.4, 0.5) is 5.69 Å². The van der Waals surface area contributed by atoms with Crippen molar-refractivity contribution in [3.63, 3.8) is 0 Å². The molecule has 6 nitrogen and oxygen atoms in total. The second-order valence-electron chi connectivity index (χ2n) is 6.06. The Morgan fingerprint density at radius 2 is 1.96 bits per heavy atom. The molecule has 8 heteroatoms. The SMILES string of the molecule is Cc1c(C(=O)Nc2cccc(CCO)c2)nnn1Cc1ccc(Cl)c(Cl)c1. The Morgan fingerprint density at radius 1 is 1.15 bits per heavy atom. The molecular formula is C19H18Cl2N4O2. The molecule has 3 aromatic rings. The highest BCUT2D eigenvalue weighted by atomic mass is 35.5. The number of benzene rings is 2. The molecule has 3 rings (SSSR count). The zero-order valence-corrected chi connectivity index (χ0v) is 16.1. The summed E-state index contributed by atoms with van der Waals surface area (Å²) in [5.41, 5.74) is 3.38. The summed E-state index contributed by atoms with van der Waals surface area (Å²) in [6, 6.07) is 12.7. The number of rotatable bonds is 6. The van der Waals surface area contributed by atoms with E-state index in [2.05, 4.69) is 15.6 Å². The fourth-order valence-corrected chi connectivity index (χ4v) is 2.98. The number of aliphatic hydroxyl groups is 1. The first-order valence-electron chi connectivity index (χ1n) is 8.33. The van der Waals surface area contributed by atoms with Gasteiger partial charge in [-0.05, 0) is 48.7 Å². The number of anilines is 1. The Hall–Kier alpha value is -2.41. The van der Waals surface area contributed by atoms with Crippen LogP contribution in [-0.4, -0.2) is 32.6 Å². The van der Waals surface area contributed by atoms with Crippen LogP contribution in [0.15, 0.2) is 42.5 Å². The fraction of sp³-hybridized carbons (Fsp3) is 0.211. The van der Waals surface area contributed by atoms with Gasteiger partial charge in [-0.1, -0.05) is 46.6 Å². The molecule has 0 radical (unpaired) electrons. The molecule has 2 N–H and O–H groups in total. The molecule has 0 spiro atoms. The second kappa shape index (κ2) is 8.52. The highest BCUT2D eigenvalue weighted by Crippen LogP contribution is 2.23. The van der Waals surface area contributed by atoms with Crippen LogP contribution in [-0.2, 0) is 13.0 Å². The van der Waals surface area contributed by atoms with Crippen LogP contribution in [0.5, 0.6) is 0 Å². The quantitative estimate of drug-likeness (QED) is 0.655. The van der Waals surface area contributed by atoms with Crippen molar-refractivity contribution in [3.05, 3.63) is 75.0 Å². The van der Waals surface area contributed by atoms with E-state index >= 15 is 0 Å². The van der Waals surface area contributed by atoms with Gasteiger partial charge < -0.3 is 10.4 Å². The summed E-state index contributed by atoms with van der Waals surface area (Å²) in [4.78, 5) is 12.6. The normalized spacial score (nSPS) is 10.8. The average molecular weight is 405 g/mol. The molecule has 1 amide bonds. The summed E-state index contributed by atoms with van der Waals surface area (Å²) in [6.07, 6.45) is 0.530. The number of aromatic nitrogens is 3. The smallest absolute Gasteiger partial charge is 0.278 e. The molecule has 0 atom stereocenters. The number of halogens is 2. The third kappa shape index (κ3) is 4.66. The number of amides is 1. The molecule has 0 aliphatic rings. The van der Waals surface area contributed by atoms with Gasteiger partial charge in [-0.3, -0.25) is 4.79 Å². The Morgan fingerprint density at radius 3 is 2.70 bits per heavy atom. The lowest BCUT2D eigenvalue weighted by Crippen LogP contribution is -2.14. The van der Waals surface area contributed by atoms with Crippen molar-refractivity contribution in [1.29, 1.82) is 0 Å². The van der Waals surface area contributed by atoms with E-state index in [4.69, 9.17) is 28.3 Å². The predicted molar refractivity (Wildman–Crippen MR) is 106 cm³/mol. The first kappa shape index (κ1) is 19.4. The second-order valence-corrected chi connectivity index (χ2v) is 6.87. The summed E-state index contributed by atoms with van der Waals surface area (Å²) in [5, 5.41) is 20.9. The minimum absolute atomic E-state index is 0.0551. The fourth-order valence-electron chi connectivity index (χ4n) is 2.66. The molecule has 0 unspecified atom stereocenters. The third-order valence-corrected chi connectivity index (χ3v) is 4.84. The van der Waals surface area contributed by atoms with Crippen molar-refractivity contribution in [3.8, 4) is 0 Å². The number of hydrogen-bond donors (Lipinski definition) is 2. The molecule has 1 heterocycles. The summed E-state index contributed by atoms with van der Waals surface area (Å²) in [6.45, 7) is 2.27. The van der Waals surface area contributed by atoms with Crippen molar-refractivity contribution in [2.75, 3.05) is 11.9 Å². The molecule has 0 saturated carbocycles. The maximum atomic E-state index is 12.6. The Bertz CT molecular complexity index is 972. The zero-order chi connectivity index (χ0) is 19.4. The van der Waals surface area contributed by atoms with Crippen molar-refractivity contribution in [1.82, 2.24) is 15.0 Å². The van der Waals surface area contributed by atoms with Gasteiger partial charge in [0.05, 0.1) is 22.3 Å². The van der Waals surface area contributed by atoms with E-state index in [1.54, 1.807) is 29.8 Å². The van der Waals surface area contributed by atoms with E-state index in [0.29, 0.717) is 34.4 Å². The van der Waals surface area contributed by atoms with Gasteiger partial charge in [0, 0.05) is 12.3 Å². The van der Waals surface area contributed by atoms with Gasteiger partial charge in [0.15, 0.2) is 5.69 Å². The molecule has 140 valence electrons. The summed E-state index contributed by atoms with van der Waals surface area (Å²) in [5.74, 6) is -0.339. The van der Waals surface area contributed by atoms with Gasteiger partial charge in [-0.25, -0.2) is 4.68 Å². The van der Waals surface area contributed by atoms with E-state index < -0.39 is 0 Å². The minimum atomic E-state index is -0.339. The van der Waals surface area contributed by atoms with Crippen LogP contribution in [0, 0.1) is 6.92 Å². The molecule has 0 aliphatic carbocycles. The summed E-state index contributed by atoms with van der Waals surface area (Å²) >= 11 is 12.0. The number of aliphatic hydroxyl groups excluding tert-OH is 1. The van der Waals surface area contributed by atoms with Gasteiger partial charge in [-0.2, -0.15) is 0 Å². The predicted octanol–water partition coefficient (Wildman–Crippen LogP) is 3.73.